The van der Waals surface area contributed by atoms with Crippen LogP contribution in [0.25, 0.3) is 0 Å². The molecule has 2 N–H and O–H groups in total. The molecule has 3 aromatic rings. The summed E-state index contributed by atoms with van der Waals surface area (Å²) < 4.78 is 33.4. The van der Waals surface area contributed by atoms with Gasteiger partial charge in [0.2, 0.25) is 0 Å². The topological polar surface area (TPSA) is 112 Å². The third-order valence-electron chi connectivity index (χ3n) is 5.54. The van der Waals surface area contributed by atoms with E-state index in [2.05, 4.69) is 19.5 Å². The molecule has 4 rings (SSSR count). The minimum atomic E-state index is -3.97. The lowest BCUT2D eigenvalue weighted by Gasteiger charge is -2.36. The molecule has 34 heavy (non-hydrogen) atoms. The van der Waals surface area contributed by atoms with Crippen LogP contribution < -0.4 is 19.3 Å². The van der Waals surface area contributed by atoms with Gasteiger partial charge < -0.3 is 19.6 Å². The largest absolute Gasteiger partial charge is 0.494 e. The lowest BCUT2D eigenvalue weighted by Crippen LogP contribution is -2.46. The maximum atomic E-state index is 12.8. The van der Waals surface area contributed by atoms with Crippen LogP contribution in [0.15, 0.2) is 71.8 Å². The number of hydrogen-bond donors (Lipinski definition) is 2. The van der Waals surface area contributed by atoms with Gasteiger partial charge in [-0.2, -0.15) is 0 Å². The standard InChI is InChI=1S/C24H26N4O5S/c1-2-33-19-7-9-20(10-8-19)34(31,32)26-22-11-6-18(17-21(22)24(29)30)27-13-15-28(16-14-27)23-5-3-4-12-25-23/h3-12,17,26H,2,13-16H2,1H3,(H,29,30). The van der Waals surface area contributed by atoms with Crippen molar-refractivity contribution in [2.45, 2.75) is 11.8 Å². The van der Waals surface area contributed by atoms with Crippen molar-refractivity contribution >= 4 is 33.2 Å². The van der Waals surface area contributed by atoms with Crippen molar-refractivity contribution in [1.82, 2.24) is 4.98 Å². The summed E-state index contributed by atoms with van der Waals surface area (Å²) in [6.45, 7) is 5.16. The maximum absolute atomic E-state index is 12.8. The first-order valence-corrected chi connectivity index (χ1v) is 12.4. The molecular weight excluding hydrogens is 456 g/mol. The highest BCUT2D eigenvalue weighted by molar-refractivity contribution is 7.92. The summed E-state index contributed by atoms with van der Waals surface area (Å²) in [7, 11) is -3.97. The zero-order valence-electron chi connectivity index (χ0n) is 18.7. The van der Waals surface area contributed by atoms with Gasteiger partial charge in [-0.1, -0.05) is 6.07 Å². The molecule has 1 aromatic heterocycles. The van der Waals surface area contributed by atoms with Crippen molar-refractivity contribution in [2.75, 3.05) is 47.3 Å². The summed E-state index contributed by atoms with van der Waals surface area (Å²) in [5.74, 6) is 0.256. The number of carbonyl (C=O) groups is 1. The molecule has 178 valence electrons. The van der Waals surface area contributed by atoms with E-state index in [0.717, 1.165) is 24.6 Å². The number of sulfonamides is 1. The first kappa shape index (κ1) is 23.4. The summed E-state index contributed by atoms with van der Waals surface area (Å²) in [5, 5.41) is 9.76. The van der Waals surface area contributed by atoms with Gasteiger partial charge in [0.15, 0.2) is 0 Å². The fourth-order valence-electron chi connectivity index (χ4n) is 3.81. The predicted octanol–water partition coefficient (Wildman–Crippen LogP) is 3.31. The summed E-state index contributed by atoms with van der Waals surface area (Å²) in [4.78, 5) is 20.6. The zero-order chi connectivity index (χ0) is 24.1. The molecule has 2 aromatic carbocycles. The lowest BCUT2D eigenvalue weighted by atomic mass is 10.1. The average molecular weight is 483 g/mol. The van der Waals surface area contributed by atoms with Crippen molar-refractivity contribution in [3.05, 3.63) is 72.4 Å². The summed E-state index contributed by atoms with van der Waals surface area (Å²) in [6, 6.07) is 16.5. The van der Waals surface area contributed by atoms with Crippen LogP contribution in [0.5, 0.6) is 5.75 Å². The van der Waals surface area contributed by atoms with Crippen LogP contribution in [0.1, 0.15) is 17.3 Å². The van der Waals surface area contributed by atoms with E-state index in [0.29, 0.717) is 25.4 Å². The molecule has 1 aliphatic rings. The molecule has 2 heterocycles. The molecule has 1 saturated heterocycles. The first-order valence-electron chi connectivity index (χ1n) is 10.9. The number of anilines is 3. The smallest absolute Gasteiger partial charge is 0.337 e. The van der Waals surface area contributed by atoms with E-state index < -0.39 is 16.0 Å². The Morgan fingerprint density at radius 1 is 1.03 bits per heavy atom. The van der Waals surface area contributed by atoms with Gasteiger partial charge in [-0.25, -0.2) is 18.2 Å². The van der Waals surface area contributed by atoms with Crippen molar-refractivity contribution in [3.63, 3.8) is 0 Å². The fourth-order valence-corrected chi connectivity index (χ4v) is 4.89. The highest BCUT2D eigenvalue weighted by Crippen LogP contribution is 2.27. The van der Waals surface area contributed by atoms with Gasteiger partial charge in [0.05, 0.1) is 22.8 Å². The molecule has 0 atom stereocenters. The number of hydrogen-bond acceptors (Lipinski definition) is 7. The second-order valence-electron chi connectivity index (χ2n) is 7.71. The molecule has 1 aliphatic heterocycles. The van der Waals surface area contributed by atoms with Crippen molar-refractivity contribution in [2.24, 2.45) is 0 Å². The second-order valence-corrected chi connectivity index (χ2v) is 9.39. The number of carboxylic acid groups (broad SMARTS) is 1. The molecule has 9 nitrogen and oxygen atoms in total. The third kappa shape index (κ3) is 5.23. The van der Waals surface area contributed by atoms with E-state index in [1.165, 1.54) is 24.3 Å². The van der Waals surface area contributed by atoms with E-state index in [1.54, 1.807) is 24.4 Å². The monoisotopic (exact) mass is 482 g/mol. The second kappa shape index (κ2) is 10.0. The van der Waals surface area contributed by atoms with E-state index in [-0.39, 0.29) is 16.1 Å². The number of aromatic carboxylic acids is 1. The normalized spacial score (nSPS) is 14.0. The maximum Gasteiger partial charge on any atom is 0.337 e. The van der Waals surface area contributed by atoms with Crippen LogP contribution in [0, 0.1) is 0 Å². The number of pyridine rings is 1. The summed E-state index contributed by atoms with van der Waals surface area (Å²) in [5.41, 5.74) is 0.624. The summed E-state index contributed by atoms with van der Waals surface area (Å²) >= 11 is 0. The van der Waals surface area contributed by atoms with Crippen LogP contribution in [-0.2, 0) is 10.0 Å². The van der Waals surface area contributed by atoms with Gasteiger partial charge in [-0.15, -0.1) is 0 Å². The molecule has 0 radical (unpaired) electrons. The zero-order valence-corrected chi connectivity index (χ0v) is 19.5. The minimum Gasteiger partial charge on any atom is -0.494 e. The van der Waals surface area contributed by atoms with E-state index in [4.69, 9.17) is 4.74 Å². The molecular formula is C24H26N4O5S. The minimum absolute atomic E-state index is 0.0113. The number of benzene rings is 2. The van der Waals surface area contributed by atoms with E-state index >= 15 is 0 Å². The highest BCUT2D eigenvalue weighted by atomic mass is 32.2. The Morgan fingerprint density at radius 3 is 2.35 bits per heavy atom. The van der Waals surface area contributed by atoms with Gasteiger partial charge in [-0.3, -0.25) is 4.72 Å². The average Bonchev–Trinajstić information content (AvgIpc) is 2.85. The van der Waals surface area contributed by atoms with Crippen molar-refractivity contribution < 1.29 is 23.1 Å². The molecule has 0 aliphatic carbocycles. The Bertz CT molecular complexity index is 1240. The van der Waals surface area contributed by atoms with Gasteiger partial charge in [-0.05, 0) is 61.5 Å². The lowest BCUT2D eigenvalue weighted by molar-refractivity contribution is 0.0698. The molecule has 0 saturated carbocycles. The third-order valence-corrected chi connectivity index (χ3v) is 6.92. The number of ether oxygens (including phenoxy) is 1. The number of aromatic nitrogens is 1. The quantitative estimate of drug-likeness (QED) is 0.503. The predicted molar refractivity (Wildman–Crippen MR) is 130 cm³/mol. The molecule has 0 amide bonds. The summed E-state index contributed by atoms with van der Waals surface area (Å²) in [6.07, 6.45) is 1.76. The molecule has 0 spiro atoms. The van der Waals surface area contributed by atoms with Crippen LogP contribution in [0.4, 0.5) is 17.2 Å². The Hall–Kier alpha value is -3.79. The Kier molecular flexibility index (Phi) is 6.87. The number of carboxylic acids is 1. The highest BCUT2D eigenvalue weighted by Gasteiger charge is 2.22. The van der Waals surface area contributed by atoms with Crippen molar-refractivity contribution in [3.8, 4) is 5.75 Å². The molecule has 1 fully saturated rings. The number of nitrogens with one attached hydrogen (secondary N) is 1. The Morgan fingerprint density at radius 2 is 1.74 bits per heavy atom. The van der Waals surface area contributed by atoms with Gasteiger partial charge in [0.25, 0.3) is 10.0 Å². The van der Waals surface area contributed by atoms with E-state index in [1.807, 2.05) is 25.1 Å². The first-order chi connectivity index (χ1) is 16.4. The number of nitrogens with zero attached hydrogens (tertiary/aromatic N) is 3. The fraction of sp³-hybridized carbons (Fsp3) is 0.250. The molecule has 10 heteroatoms. The number of piperazine rings is 1. The van der Waals surface area contributed by atoms with Crippen LogP contribution >= 0.6 is 0 Å². The van der Waals surface area contributed by atoms with Gasteiger partial charge in [0, 0.05) is 38.1 Å². The number of rotatable bonds is 8. The van der Waals surface area contributed by atoms with E-state index in [9.17, 15) is 18.3 Å². The molecule has 0 unspecified atom stereocenters. The molecule has 0 bridgehead atoms. The van der Waals surface area contributed by atoms with Crippen molar-refractivity contribution in [1.29, 1.82) is 0 Å². The van der Waals surface area contributed by atoms with Crippen LogP contribution in [-0.4, -0.2) is 57.3 Å². The Balaban J connectivity index is 1.50. The SMILES string of the molecule is CCOc1ccc(S(=O)(=O)Nc2ccc(N3CCN(c4ccccn4)CC3)cc2C(=O)O)cc1. The Labute approximate surface area is 198 Å². The van der Waals surface area contributed by atoms with Gasteiger partial charge >= 0.3 is 5.97 Å². The van der Waals surface area contributed by atoms with Gasteiger partial charge in [0.1, 0.15) is 11.6 Å². The van der Waals surface area contributed by atoms with Crippen LogP contribution in [0.3, 0.4) is 0 Å². The van der Waals surface area contributed by atoms with Crippen LogP contribution in [0.2, 0.25) is 0 Å².